The number of methoxy groups -OCH3 is 1. The largest absolute Gasteiger partial charge is 0.497 e. The van der Waals surface area contributed by atoms with Crippen molar-refractivity contribution in [2.24, 2.45) is 0 Å². The Bertz CT molecular complexity index is 1670. The Kier molecular flexibility index (Phi) is 11.4. The lowest BCUT2D eigenvalue weighted by Crippen LogP contribution is -2.53. The minimum absolute atomic E-state index is 0.0173. The maximum Gasteiger partial charge on any atom is 0.264 e. The van der Waals surface area contributed by atoms with Crippen molar-refractivity contribution in [2.75, 3.05) is 24.5 Å². The normalized spacial score (nSPS) is 11.8. The van der Waals surface area contributed by atoms with Crippen LogP contribution in [0.15, 0.2) is 108 Å². The van der Waals surface area contributed by atoms with Crippen LogP contribution in [0.25, 0.3) is 0 Å². The highest BCUT2D eigenvalue weighted by atomic mass is 32.2. The van der Waals surface area contributed by atoms with Gasteiger partial charge in [-0.25, -0.2) is 8.42 Å². The Hall–Kier alpha value is -4.63. The molecule has 4 aromatic carbocycles. The molecule has 4 aromatic rings. The topological polar surface area (TPSA) is 96.0 Å². The third-order valence-corrected chi connectivity index (χ3v) is 9.46. The minimum Gasteiger partial charge on any atom is -0.497 e. The van der Waals surface area contributed by atoms with Gasteiger partial charge in [-0.15, -0.1) is 0 Å². The van der Waals surface area contributed by atoms with Gasteiger partial charge in [0.05, 0.1) is 17.7 Å². The van der Waals surface area contributed by atoms with Crippen LogP contribution in [0.1, 0.15) is 35.6 Å². The molecule has 1 atom stereocenters. The lowest BCUT2D eigenvalue weighted by atomic mass is 10.0. The highest BCUT2D eigenvalue weighted by Crippen LogP contribution is 2.27. The second kappa shape index (κ2) is 15.4. The Morgan fingerprint density at radius 3 is 2.11 bits per heavy atom. The number of carbonyl (C=O) groups excluding carboxylic acids is 2. The van der Waals surface area contributed by atoms with Crippen LogP contribution >= 0.6 is 0 Å². The van der Waals surface area contributed by atoms with Crippen molar-refractivity contribution < 1.29 is 22.7 Å². The predicted molar refractivity (Wildman–Crippen MR) is 178 cm³/mol. The third kappa shape index (κ3) is 8.51. The SMILES string of the molecule is CCCNC(=O)[C@H](Cc1ccccc1)N(Cc1ccccc1C)C(=O)CN(c1ccc(C)cc1)S(=O)(=O)c1ccc(OC)cc1. The fraction of sp³-hybridized carbons (Fsp3) is 0.278. The van der Waals surface area contributed by atoms with Gasteiger partial charge in [0.2, 0.25) is 11.8 Å². The van der Waals surface area contributed by atoms with E-state index < -0.39 is 28.5 Å². The summed E-state index contributed by atoms with van der Waals surface area (Å²) in [6.45, 7) is 5.91. The monoisotopic (exact) mass is 627 g/mol. The summed E-state index contributed by atoms with van der Waals surface area (Å²) in [4.78, 5) is 29.8. The molecule has 0 heterocycles. The summed E-state index contributed by atoms with van der Waals surface area (Å²) in [5.74, 6) is -0.274. The smallest absolute Gasteiger partial charge is 0.264 e. The number of aryl methyl sites for hydroxylation is 2. The van der Waals surface area contributed by atoms with E-state index in [-0.39, 0.29) is 23.8 Å². The van der Waals surface area contributed by atoms with Gasteiger partial charge in [-0.2, -0.15) is 0 Å². The summed E-state index contributed by atoms with van der Waals surface area (Å²) in [5, 5.41) is 2.97. The number of sulfonamides is 1. The summed E-state index contributed by atoms with van der Waals surface area (Å²) in [7, 11) is -2.68. The van der Waals surface area contributed by atoms with Gasteiger partial charge >= 0.3 is 0 Å². The fourth-order valence-electron chi connectivity index (χ4n) is 5.01. The van der Waals surface area contributed by atoms with Crippen LogP contribution in [0.2, 0.25) is 0 Å². The molecule has 45 heavy (non-hydrogen) atoms. The summed E-state index contributed by atoms with van der Waals surface area (Å²) in [6.07, 6.45) is 1.00. The van der Waals surface area contributed by atoms with E-state index in [1.165, 1.54) is 24.1 Å². The molecule has 0 aliphatic heterocycles. The highest BCUT2D eigenvalue weighted by Gasteiger charge is 2.34. The number of anilines is 1. The van der Waals surface area contributed by atoms with Gasteiger partial charge in [0.1, 0.15) is 18.3 Å². The second-order valence-corrected chi connectivity index (χ2v) is 12.8. The zero-order valence-electron chi connectivity index (χ0n) is 26.3. The number of rotatable bonds is 14. The van der Waals surface area contributed by atoms with E-state index >= 15 is 0 Å². The second-order valence-electron chi connectivity index (χ2n) is 11.0. The Balaban J connectivity index is 1.80. The van der Waals surface area contributed by atoms with Gasteiger partial charge in [-0.05, 0) is 73.4 Å². The Morgan fingerprint density at radius 1 is 0.844 bits per heavy atom. The molecular formula is C36H41N3O5S. The molecule has 1 N–H and O–H groups in total. The average molecular weight is 628 g/mol. The maximum atomic E-state index is 14.5. The molecule has 0 fully saturated rings. The van der Waals surface area contributed by atoms with Crippen molar-refractivity contribution in [2.45, 2.75) is 51.1 Å². The first-order valence-electron chi connectivity index (χ1n) is 15.0. The lowest BCUT2D eigenvalue weighted by molar-refractivity contribution is -0.140. The van der Waals surface area contributed by atoms with Crippen molar-refractivity contribution in [3.05, 3.63) is 125 Å². The number of hydrogen-bond acceptors (Lipinski definition) is 5. The van der Waals surface area contributed by atoms with Crippen molar-refractivity contribution >= 4 is 27.5 Å². The molecule has 0 aliphatic carbocycles. The molecule has 0 bridgehead atoms. The lowest BCUT2D eigenvalue weighted by Gasteiger charge is -2.34. The number of ether oxygens (including phenoxy) is 1. The quantitative estimate of drug-likeness (QED) is 0.194. The van der Waals surface area contributed by atoms with Crippen LogP contribution in [-0.4, -0.2) is 51.4 Å². The molecule has 0 unspecified atom stereocenters. The zero-order chi connectivity index (χ0) is 32.4. The fourth-order valence-corrected chi connectivity index (χ4v) is 6.42. The minimum atomic E-state index is -4.19. The zero-order valence-corrected chi connectivity index (χ0v) is 27.1. The van der Waals surface area contributed by atoms with Gasteiger partial charge < -0.3 is 15.0 Å². The van der Waals surface area contributed by atoms with Crippen molar-refractivity contribution in [3.63, 3.8) is 0 Å². The number of amides is 2. The predicted octanol–water partition coefficient (Wildman–Crippen LogP) is 5.67. The van der Waals surface area contributed by atoms with Gasteiger partial charge in [0.25, 0.3) is 10.0 Å². The van der Waals surface area contributed by atoms with Crippen molar-refractivity contribution in [3.8, 4) is 5.75 Å². The van der Waals surface area contributed by atoms with E-state index in [9.17, 15) is 18.0 Å². The van der Waals surface area contributed by atoms with Gasteiger partial charge in [-0.3, -0.25) is 13.9 Å². The molecule has 0 saturated heterocycles. The molecule has 0 saturated carbocycles. The standard InChI is InChI=1S/C36H41N3O5S/c1-5-23-37-36(41)34(24-29-12-7-6-8-13-29)38(25-30-14-10-9-11-28(30)3)35(40)26-39(31-17-15-27(2)16-18-31)45(42,43)33-21-19-32(44-4)20-22-33/h6-22,34H,5,23-26H2,1-4H3,(H,37,41)/t34-/m0/s1. The van der Waals surface area contributed by atoms with Crippen molar-refractivity contribution in [1.29, 1.82) is 0 Å². The molecule has 2 amide bonds. The van der Waals surface area contributed by atoms with Crippen LogP contribution in [0, 0.1) is 13.8 Å². The van der Waals surface area contributed by atoms with Gasteiger partial charge in [-0.1, -0.05) is 79.2 Å². The Morgan fingerprint density at radius 2 is 1.49 bits per heavy atom. The first kappa shape index (κ1) is 33.3. The van der Waals surface area contributed by atoms with Crippen LogP contribution in [0.3, 0.4) is 0 Å². The molecule has 0 aliphatic rings. The number of benzene rings is 4. The van der Waals surface area contributed by atoms with Crippen LogP contribution in [0.4, 0.5) is 5.69 Å². The molecule has 236 valence electrons. The Labute approximate surface area is 266 Å². The van der Waals surface area contributed by atoms with Crippen molar-refractivity contribution in [1.82, 2.24) is 10.2 Å². The first-order valence-corrected chi connectivity index (χ1v) is 16.5. The van der Waals surface area contributed by atoms with E-state index in [0.29, 0.717) is 18.0 Å². The molecule has 8 nitrogen and oxygen atoms in total. The molecular weight excluding hydrogens is 586 g/mol. The maximum absolute atomic E-state index is 14.5. The van der Waals surface area contributed by atoms with Crippen LogP contribution < -0.4 is 14.4 Å². The molecule has 0 aromatic heterocycles. The number of nitrogens with zero attached hydrogens (tertiary/aromatic N) is 2. The number of nitrogens with one attached hydrogen (secondary N) is 1. The van der Waals surface area contributed by atoms with E-state index in [0.717, 1.165) is 33.0 Å². The van der Waals surface area contributed by atoms with Crippen LogP contribution in [0.5, 0.6) is 5.75 Å². The summed E-state index contributed by atoms with van der Waals surface area (Å²) >= 11 is 0. The first-order chi connectivity index (χ1) is 21.6. The molecule has 4 rings (SSSR count). The van der Waals surface area contributed by atoms with E-state index in [4.69, 9.17) is 4.74 Å². The average Bonchev–Trinajstić information content (AvgIpc) is 3.05. The third-order valence-electron chi connectivity index (χ3n) is 7.67. The molecule has 0 radical (unpaired) electrons. The molecule has 0 spiro atoms. The highest BCUT2D eigenvalue weighted by molar-refractivity contribution is 7.92. The summed E-state index contributed by atoms with van der Waals surface area (Å²) in [6, 6.07) is 29.4. The number of hydrogen-bond donors (Lipinski definition) is 1. The van der Waals surface area contributed by atoms with E-state index in [2.05, 4.69) is 5.32 Å². The molecule has 9 heteroatoms. The number of carbonyl (C=O) groups is 2. The summed E-state index contributed by atoms with van der Waals surface area (Å²) < 4.78 is 34.7. The van der Waals surface area contributed by atoms with Gasteiger partial charge in [0, 0.05) is 19.5 Å². The van der Waals surface area contributed by atoms with E-state index in [1.54, 1.807) is 36.4 Å². The summed E-state index contributed by atoms with van der Waals surface area (Å²) in [5.41, 5.74) is 4.01. The van der Waals surface area contributed by atoms with Crippen LogP contribution in [-0.2, 0) is 32.6 Å². The van der Waals surface area contributed by atoms with Gasteiger partial charge in [0.15, 0.2) is 0 Å². The van der Waals surface area contributed by atoms with E-state index in [1.807, 2.05) is 75.4 Å².